The van der Waals surface area contributed by atoms with E-state index in [-0.39, 0.29) is 13.0 Å². The number of ether oxygens (including phenoxy) is 2. The van der Waals surface area contributed by atoms with Crippen molar-refractivity contribution >= 4 is 39.7 Å². The fraction of sp³-hybridized carbons (Fsp3) is 0.700. The second kappa shape index (κ2) is 8.44. The van der Waals surface area contributed by atoms with E-state index < -0.39 is 28.5 Å². The van der Waals surface area contributed by atoms with Gasteiger partial charge in [0.05, 0.1) is 12.3 Å². The third-order valence-electron chi connectivity index (χ3n) is 2.09. The molecule has 0 aliphatic heterocycles. The van der Waals surface area contributed by atoms with E-state index in [4.69, 9.17) is 27.9 Å². The first-order chi connectivity index (χ1) is 7.92. The average Bonchev–Trinajstić information content (AvgIpc) is 2.16. The van der Waals surface area contributed by atoms with Crippen LogP contribution >= 0.6 is 23.2 Å². The molecule has 17 heavy (non-hydrogen) atoms. The van der Waals surface area contributed by atoms with Crippen molar-refractivity contribution in [2.45, 2.75) is 25.9 Å². The van der Waals surface area contributed by atoms with Crippen molar-refractivity contribution in [3.8, 4) is 0 Å². The number of esters is 1. The lowest BCUT2D eigenvalue weighted by Gasteiger charge is -2.22. The smallest absolute Gasteiger partial charge is 0.332 e. The fourth-order valence-electron chi connectivity index (χ4n) is 1.31. The summed E-state index contributed by atoms with van der Waals surface area (Å²) in [6.45, 7) is 1.43. The van der Waals surface area contributed by atoms with Crippen molar-refractivity contribution in [1.29, 1.82) is 0 Å². The summed E-state index contributed by atoms with van der Waals surface area (Å²) in [5, 5.41) is -1.36. The molecule has 0 bridgehead atoms. The van der Waals surface area contributed by atoms with Crippen molar-refractivity contribution in [1.82, 2.24) is 0 Å². The standard InChI is InChI=1S/C10H14Cl2O5/c1-3-6(10(12)15)7(4-8(11)13)17-9(14)5-16-2/h6-7H,3-5H2,1-2H3. The molecular formula is C10H14Cl2O5. The molecule has 0 spiro atoms. The quantitative estimate of drug-likeness (QED) is 0.499. The van der Waals surface area contributed by atoms with Crippen LogP contribution in [0.1, 0.15) is 19.8 Å². The van der Waals surface area contributed by atoms with Gasteiger partial charge in [0.1, 0.15) is 12.7 Å². The maximum atomic E-state index is 11.2. The van der Waals surface area contributed by atoms with Crippen molar-refractivity contribution in [2.24, 2.45) is 5.92 Å². The van der Waals surface area contributed by atoms with Gasteiger partial charge in [-0.15, -0.1) is 0 Å². The van der Waals surface area contributed by atoms with Gasteiger partial charge in [0.25, 0.3) is 0 Å². The summed E-state index contributed by atoms with van der Waals surface area (Å²) in [5.41, 5.74) is 0. The Kier molecular flexibility index (Phi) is 8.12. The number of rotatable bonds is 8. The molecule has 0 aromatic rings. The van der Waals surface area contributed by atoms with E-state index in [2.05, 4.69) is 4.74 Å². The van der Waals surface area contributed by atoms with Gasteiger partial charge in [-0.2, -0.15) is 0 Å². The van der Waals surface area contributed by atoms with Gasteiger partial charge in [0.2, 0.25) is 10.5 Å². The van der Waals surface area contributed by atoms with Crippen LogP contribution in [0.25, 0.3) is 0 Å². The summed E-state index contributed by atoms with van der Waals surface area (Å²) in [7, 11) is 1.33. The minimum Gasteiger partial charge on any atom is -0.459 e. The summed E-state index contributed by atoms with van der Waals surface area (Å²) in [4.78, 5) is 33.2. The Morgan fingerprint density at radius 1 is 1.24 bits per heavy atom. The summed E-state index contributed by atoms with van der Waals surface area (Å²) in [5.74, 6) is -1.42. The van der Waals surface area contributed by atoms with Gasteiger partial charge in [-0.25, -0.2) is 4.79 Å². The normalized spacial score (nSPS) is 13.9. The molecule has 0 amide bonds. The van der Waals surface area contributed by atoms with Crippen LogP contribution < -0.4 is 0 Å². The number of hydrogen-bond acceptors (Lipinski definition) is 5. The van der Waals surface area contributed by atoms with Gasteiger partial charge in [-0.05, 0) is 29.6 Å². The second-order valence-corrected chi connectivity index (χ2v) is 4.13. The number of halogens is 2. The molecule has 0 radical (unpaired) electrons. The monoisotopic (exact) mass is 284 g/mol. The first-order valence-electron chi connectivity index (χ1n) is 4.98. The molecule has 7 heteroatoms. The molecule has 2 atom stereocenters. The molecule has 5 nitrogen and oxygen atoms in total. The highest BCUT2D eigenvalue weighted by atomic mass is 35.5. The van der Waals surface area contributed by atoms with E-state index >= 15 is 0 Å². The molecule has 0 aliphatic rings. The lowest BCUT2D eigenvalue weighted by Crippen LogP contribution is -2.32. The van der Waals surface area contributed by atoms with Gasteiger partial charge in [0, 0.05) is 7.11 Å². The van der Waals surface area contributed by atoms with Crippen LogP contribution in [0.3, 0.4) is 0 Å². The molecule has 0 N–H and O–H groups in total. The maximum absolute atomic E-state index is 11.2. The number of carbonyl (C=O) groups excluding carboxylic acids is 3. The molecule has 0 aliphatic carbocycles. The Bertz CT molecular complexity index is 292. The maximum Gasteiger partial charge on any atom is 0.332 e. The van der Waals surface area contributed by atoms with E-state index in [1.807, 2.05) is 0 Å². The molecular weight excluding hydrogens is 271 g/mol. The van der Waals surface area contributed by atoms with Crippen LogP contribution in [0.15, 0.2) is 0 Å². The van der Waals surface area contributed by atoms with Crippen molar-refractivity contribution < 1.29 is 23.9 Å². The Morgan fingerprint density at radius 3 is 2.18 bits per heavy atom. The van der Waals surface area contributed by atoms with Gasteiger partial charge >= 0.3 is 5.97 Å². The van der Waals surface area contributed by atoms with Crippen molar-refractivity contribution in [2.75, 3.05) is 13.7 Å². The van der Waals surface area contributed by atoms with E-state index in [1.165, 1.54) is 7.11 Å². The highest BCUT2D eigenvalue weighted by Gasteiger charge is 2.30. The summed E-state index contributed by atoms with van der Waals surface area (Å²) >= 11 is 10.6. The number of methoxy groups -OCH3 is 1. The topological polar surface area (TPSA) is 69.7 Å². The number of hydrogen-bond donors (Lipinski definition) is 0. The van der Waals surface area contributed by atoms with Crippen molar-refractivity contribution in [3.63, 3.8) is 0 Å². The molecule has 0 rings (SSSR count). The minimum absolute atomic E-state index is 0.256. The first-order valence-corrected chi connectivity index (χ1v) is 5.74. The van der Waals surface area contributed by atoms with Gasteiger partial charge in [-0.1, -0.05) is 6.92 Å². The van der Waals surface area contributed by atoms with Crippen LogP contribution in [0, 0.1) is 5.92 Å². The third kappa shape index (κ3) is 6.61. The molecule has 0 saturated heterocycles. The van der Waals surface area contributed by atoms with Crippen LogP contribution in [-0.2, 0) is 23.9 Å². The Hall–Kier alpha value is -0.650. The van der Waals surface area contributed by atoms with Crippen molar-refractivity contribution in [3.05, 3.63) is 0 Å². The Morgan fingerprint density at radius 2 is 1.82 bits per heavy atom. The lowest BCUT2D eigenvalue weighted by atomic mass is 9.98. The average molecular weight is 285 g/mol. The summed E-state index contributed by atoms with van der Waals surface area (Å²) in [6.07, 6.45) is -0.858. The van der Waals surface area contributed by atoms with E-state index in [9.17, 15) is 14.4 Å². The highest BCUT2D eigenvalue weighted by molar-refractivity contribution is 6.64. The summed E-state index contributed by atoms with van der Waals surface area (Å²) < 4.78 is 9.51. The zero-order valence-corrected chi connectivity index (χ0v) is 11.1. The van der Waals surface area contributed by atoms with Crippen LogP contribution in [0.5, 0.6) is 0 Å². The molecule has 0 aromatic heterocycles. The van der Waals surface area contributed by atoms with Gasteiger partial charge in [0.15, 0.2) is 0 Å². The van der Waals surface area contributed by atoms with E-state index in [0.717, 1.165) is 0 Å². The third-order valence-corrected chi connectivity index (χ3v) is 2.52. The molecule has 0 fully saturated rings. The minimum atomic E-state index is -0.947. The Labute approximate surface area is 109 Å². The van der Waals surface area contributed by atoms with E-state index in [1.54, 1.807) is 6.92 Å². The predicted molar refractivity (Wildman–Crippen MR) is 61.9 cm³/mol. The largest absolute Gasteiger partial charge is 0.459 e. The first kappa shape index (κ1) is 16.4. The summed E-state index contributed by atoms with van der Waals surface area (Å²) in [6, 6.07) is 0. The zero-order valence-electron chi connectivity index (χ0n) is 9.57. The SMILES string of the molecule is CCC(C(=O)Cl)C(CC(=O)Cl)OC(=O)COC. The fourth-order valence-corrected chi connectivity index (χ4v) is 1.76. The molecule has 98 valence electrons. The highest BCUT2D eigenvalue weighted by Crippen LogP contribution is 2.20. The van der Waals surface area contributed by atoms with Gasteiger partial charge < -0.3 is 9.47 Å². The van der Waals surface area contributed by atoms with Crippen LogP contribution in [-0.4, -0.2) is 36.3 Å². The molecule has 2 unspecified atom stereocenters. The van der Waals surface area contributed by atoms with Crippen LogP contribution in [0.4, 0.5) is 0 Å². The lowest BCUT2D eigenvalue weighted by molar-refractivity contribution is -0.157. The predicted octanol–water partition coefficient (Wildman–Crippen LogP) is 1.49. The molecule has 0 heterocycles. The second-order valence-electron chi connectivity index (χ2n) is 3.34. The molecule has 0 saturated carbocycles. The van der Waals surface area contributed by atoms with Gasteiger partial charge in [-0.3, -0.25) is 9.59 Å². The Balaban J connectivity index is 4.67. The molecule has 0 aromatic carbocycles. The van der Waals surface area contributed by atoms with Crippen LogP contribution in [0.2, 0.25) is 0 Å². The number of carbonyl (C=O) groups is 3. The van der Waals surface area contributed by atoms with E-state index in [0.29, 0.717) is 6.42 Å². The zero-order chi connectivity index (χ0) is 13.4.